The van der Waals surface area contributed by atoms with Crippen molar-refractivity contribution in [1.82, 2.24) is 4.90 Å². The highest BCUT2D eigenvalue weighted by atomic mass is 32.2. The molecule has 1 aliphatic carbocycles. The summed E-state index contributed by atoms with van der Waals surface area (Å²) in [6.45, 7) is 16.1. The van der Waals surface area contributed by atoms with E-state index in [1.165, 1.54) is 5.57 Å². The Labute approximate surface area is 188 Å². The molecule has 0 heterocycles. The largest absolute Gasteiger partial charge is 0.310 e. The van der Waals surface area contributed by atoms with Crippen LogP contribution in [0.5, 0.6) is 0 Å². The number of amides is 1. The van der Waals surface area contributed by atoms with Gasteiger partial charge in [0.25, 0.3) is 0 Å². The highest BCUT2D eigenvalue weighted by Crippen LogP contribution is 2.24. The topological polar surface area (TPSA) is 20.3 Å². The van der Waals surface area contributed by atoms with Crippen molar-refractivity contribution in [3.63, 3.8) is 0 Å². The van der Waals surface area contributed by atoms with E-state index in [0.29, 0.717) is 6.42 Å². The van der Waals surface area contributed by atoms with Gasteiger partial charge in [-0.1, -0.05) is 73.4 Å². The summed E-state index contributed by atoms with van der Waals surface area (Å²) >= 11 is 1.71. The average Bonchev–Trinajstić information content (AvgIpc) is 2.69. The zero-order chi connectivity index (χ0) is 22.5. The molecular weight excluding hydrogens is 386 g/mol. The van der Waals surface area contributed by atoms with Crippen molar-refractivity contribution in [2.75, 3.05) is 12.0 Å². The highest BCUT2D eigenvalue weighted by Gasteiger charge is 2.21. The Morgan fingerprint density at radius 2 is 2.07 bits per heavy atom. The number of rotatable bonds is 9. The van der Waals surface area contributed by atoms with Crippen molar-refractivity contribution in [3.05, 3.63) is 95.8 Å². The van der Waals surface area contributed by atoms with Crippen LogP contribution in [0.2, 0.25) is 0 Å². The van der Waals surface area contributed by atoms with Crippen LogP contribution in [0, 0.1) is 0 Å². The van der Waals surface area contributed by atoms with Gasteiger partial charge in [0.1, 0.15) is 0 Å². The van der Waals surface area contributed by atoms with Crippen LogP contribution in [0.25, 0.3) is 0 Å². The summed E-state index contributed by atoms with van der Waals surface area (Å²) < 4.78 is 0. The molecule has 0 unspecified atom stereocenters. The number of allylic oxidation sites excluding steroid dienone is 13. The van der Waals surface area contributed by atoms with E-state index >= 15 is 0 Å². The van der Waals surface area contributed by atoms with Gasteiger partial charge in [-0.05, 0) is 63.5 Å². The first-order valence-corrected chi connectivity index (χ1v) is 11.9. The molecule has 0 atom stereocenters. The van der Waals surface area contributed by atoms with E-state index in [2.05, 4.69) is 70.4 Å². The van der Waals surface area contributed by atoms with E-state index in [1.807, 2.05) is 36.3 Å². The molecule has 0 aromatic heterocycles. The number of hydrogen-bond donors (Lipinski definition) is 0. The zero-order valence-electron chi connectivity index (χ0n) is 19.3. The molecule has 0 N–H and O–H groups in total. The summed E-state index contributed by atoms with van der Waals surface area (Å²) in [5, 5.41) is 0. The van der Waals surface area contributed by atoms with Crippen LogP contribution in [0.1, 0.15) is 47.0 Å². The second kappa shape index (κ2) is 13.9. The fourth-order valence-corrected chi connectivity index (χ4v) is 3.59. The fraction of sp³-hybridized carbons (Fsp3) is 0.370. The lowest BCUT2D eigenvalue weighted by molar-refractivity contribution is -0.130. The summed E-state index contributed by atoms with van der Waals surface area (Å²) in [6.07, 6.45) is 22.9. The van der Waals surface area contributed by atoms with Gasteiger partial charge in [0, 0.05) is 23.9 Å². The Bertz CT molecular complexity index is 803. The first kappa shape index (κ1) is 25.8. The van der Waals surface area contributed by atoms with Gasteiger partial charge in [-0.25, -0.2) is 0 Å². The predicted molar refractivity (Wildman–Crippen MR) is 136 cm³/mol. The Kier molecular flexibility index (Phi) is 11.9. The maximum absolute atomic E-state index is 12.9. The molecule has 2 nitrogen and oxygen atoms in total. The normalized spacial score (nSPS) is 15.5. The van der Waals surface area contributed by atoms with Crippen LogP contribution in [0.4, 0.5) is 0 Å². The number of thioether (sulfide) groups is 1. The second-order valence-electron chi connectivity index (χ2n) is 7.67. The predicted octanol–water partition coefficient (Wildman–Crippen LogP) is 7.33. The molecule has 162 valence electrons. The maximum atomic E-state index is 12.9. The first-order valence-electron chi connectivity index (χ1n) is 10.5. The van der Waals surface area contributed by atoms with Crippen molar-refractivity contribution < 1.29 is 4.79 Å². The molecule has 1 aliphatic rings. The third-order valence-electron chi connectivity index (χ3n) is 4.71. The van der Waals surface area contributed by atoms with E-state index in [1.54, 1.807) is 11.8 Å². The Hall–Kier alpha value is -2.26. The van der Waals surface area contributed by atoms with E-state index in [-0.39, 0.29) is 11.9 Å². The van der Waals surface area contributed by atoms with Crippen molar-refractivity contribution in [2.45, 2.75) is 53.0 Å². The van der Waals surface area contributed by atoms with Gasteiger partial charge < -0.3 is 4.90 Å². The molecule has 0 aromatic rings. The summed E-state index contributed by atoms with van der Waals surface area (Å²) in [6, 6.07) is 0.111. The van der Waals surface area contributed by atoms with Crippen molar-refractivity contribution in [2.24, 2.45) is 0 Å². The third-order valence-corrected chi connectivity index (χ3v) is 5.32. The Balaban J connectivity index is 3.28. The average molecular weight is 424 g/mol. The molecule has 0 saturated carbocycles. The number of carbonyl (C=O) groups is 1. The van der Waals surface area contributed by atoms with Gasteiger partial charge >= 0.3 is 0 Å². The summed E-state index contributed by atoms with van der Waals surface area (Å²) in [5.41, 5.74) is 5.46. The van der Waals surface area contributed by atoms with Crippen LogP contribution >= 0.6 is 11.8 Å². The monoisotopic (exact) mass is 423 g/mol. The molecule has 1 rings (SSSR count). The minimum absolute atomic E-state index is 0.111. The van der Waals surface area contributed by atoms with E-state index < -0.39 is 0 Å². The van der Waals surface area contributed by atoms with Crippen LogP contribution in [-0.2, 0) is 4.79 Å². The van der Waals surface area contributed by atoms with Gasteiger partial charge in [-0.15, -0.1) is 0 Å². The summed E-state index contributed by atoms with van der Waals surface area (Å²) in [7, 11) is 0. The summed E-state index contributed by atoms with van der Waals surface area (Å²) in [4.78, 5) is 14.9. The molecule has 1 amide bonds. The molecule has 0 aromatic carbocycles. The third kappa shape index (κ3) is 8.62. The minimum atomic E-state index is 0.111. The van der Waals surface area contributed by atoms with Gasteiger partial charge in [0.15, 0.2) is 0 Å². The number of nitrogens with zero attached hydrogens (tertiary/aromatic N) is 1. The maximum Gasteiger partial charge on any atom is 0.228 e. The van der Waals surface area contributed by atoms with Crippen molar-refractivity contribution in [1.29, 1.82) is 0 Å². The quantitative estimate of drug-likeness (QED) is 0.362. The smallest absolute Gasteiger partial charge is 0.228 e. The fourth-order valence-electron chi connectivity index (χ4n) is 3.21. The molecule has 0 spiro atoms. The van der Waals surface area contributed by atoms with E-state index in [0.717, 1.165) is 41.0 Å². The van der Waals surface area contributed by atoms with Gasteiger partial charge in [-0.2, -0.15) is 11.8 Å². The zero-order valence-corrected chi connectivity index (χ0v) is 20.1. The molecule has 0 fully saturated rings. The lowest BCUT2D eigenvalue weighted by atomic mass is 9.98. The number of carbonyl (C=O) groups excluding carboxylic acids is 1. The van der Waals surface area contributed by atoms with Crippen LogP contribution < -0.4 is 0 Å². The molecule has 30 heavy (non-hydrogen) atoms. The van der Waals surface area contributed by atoms with Crippen LogP contribution in [-0.4, -0.2) is 28.9 Å². The van der Waals surface area contributed by atoms with Gasteiger partial charge in [0.2, 0.25) is 5.91 Å². The Morgan fingerprint density at radius 3 is 2.67 bits per heavy atom. The van der Waals surface area contributed by atoms with Crippen LogP contribution in [0.3, 0.4) is 0 Å². The Morgan fingerprint density at radius 1 is 1.33 bits per heavy atom. The molecule has 0 saturated heterocycles. The second-order valence-corrected chi connectivity index (χ2v) is 8.65. The van der Waals surface area contributed by atoms with Crippen molar-refractivity contribution >= 4 is 17.7 Å². The van der Waals surface area contributed by atoms with Crippen LogP contribution in [0.15, 0.2) is 95.8 Å². The minimum Gasteiger partial charge on any atom is -0.310 e. The van der Waals surface area contributed by atoms with Gasteiger partial charge in [-0.3, -0.25) is 4.79 Å². The van der Waals surface area contributed by atoms with Crippen molar-refractivity contribution in [3.8, 4) is 0 Å². The van der Waals surface area contributed by atoms with E-state index in [4.69, 9.17) is 0 Å². The first-order chi connectivity index (χ1) is 14.3. The lowest BCUT2D eigenvalue weighted by Crippen LogP contribution is -2.37. The SMILES string of the molecule is C=CC(=CC=CC(=C)C)C1=CCC=C(N(C(=O)CCSC)C(C)C)C(C)=CC=CC1. The molecule has 0 aliphatic heterocycles. The van der Waals surface area contributed by atoms with E-state index in [9.17, 15) is 4.79 Å². The lowest BCUT2D eigenvalue weighted by Gasteiger charge is -2.30. The van der Waals surface area contributed by atoms with Gasteiger partial charge in [0.05, 0.1) is 0 Å². The summed E-state index contributed by atoms with van der Waals surface area (Å²) in [5.74, 6) is 1.02. The molecular formula is C27H37NOS. The number of hydrogen-bond acceptors (Lipinski definition) is 2. The molecule has 0 radical (unpaired) electrons. The highest BCUT2D eigenvalue weighted by molar-refractivity contribution is 7.98. The molecule has 3 heteroatoms. The molecule has 0 bridgehead atoms. The standard InChI is InChI=1S/C27H37NOS/c1-8-24(16-11-13-21(2)3)25-15-10-9-14-23(6)26(18-12-17-25)28(22(4)5)27(29)19-20-30-7/h8-11,13-14,16-18,22H,1-2,12,15,19-20H2,3-7H3.